The number of methoxy groups -OCH3 is 1. The van der Waals surface area contributed by atoms with E-state index in [9.17, 15) is 9.59 Å². The zero-order valence-electron chi connectivity index (χ0n) is 15.4. The third-order valence-corrected chi connectivity index (χ3v) is 4.95. The normalized spacial score (nSPS) is 10.6. The van der Waals surface area contributed by atoms with Gasteiger partial charge in [0, 0.05) is 19.3 Å². The summed E-state index contributed by atoms with van der Waals surface area (Å²) in [6.45, 7) is 4.40. The van der Waals surface area contributed by atoms with Gasteiger partial charge in [-0.1, -0.05) is 25.5 Å². The van der Waals surface area contributed by atoms with E-state index in [0.717, 1.165) is 35.5 Å². The van der Waals surface area contributed by atoms with Crippen molar-refractivity contribution in [2.75, 3.05) is 19.0 Å². The fourth-order valence-corrected chi connectivity index (χ4v) is 3.47. The minimum Gasteiger partial charge on any atom is -0.375 e. The van der Waals surface area contributed by atoms with Crippen molar-refractivity contribution in [3.05, 3.63) is 45.4 Å². The summed E-state index contributed by atoms with van der Waals surface area (Å²) in [6, 6.07) is 7.37. The van der Waals surface area contributed by atoms with E-state index in [0.29, 0.717) is 17.1 Å². The van der Waals surface area contributed by atoms with Gasteiger partial charge in [-0.05, 0) is 37.5 Å². The van der Waals surface area contributed by atoms with Gasteiger partial charge in [-0.25, -0.2) is 4.98 Å². The van der Waals surface area contributed by atoms with Crippen molar-refractivity contribution in [3.8, 4) is 0 Å². The second kappa shape index (κ2) is 10.0. The Morgan fingerprint density at radius 2 is 2.12 bits per heavy atom. The number of rotatable bonds is 9. The van der Waals surface area contributed by atoms with Gasteiger partial charge in [0.2, 0.25) is 5.91 Å². The highest BCUT2D eigenvalue weighted by Gasteiger charge is 2.15. The number of aryl methyl sites for hydroxylation is 2. The monoisotopic (exact) mass is 375 g/mol. The maximum atomic E-state index is 12.4. The number of thiazole rings is 1. The molecule has 0 aliphatic heterocycles. The van der Waals surface area contributed by atoms with E-state index in [1.54, 1.807) is 6.07 Å². The average Bonchev–Trinajstić information content (AvgIpc) is 2.99. The zero-order chi connectivity index (χ0) is 18.9. The fourth-order valence-electron chi connectivity index (χ4n) is 2.45. The molecule has 0 saturated carbocycles. The molecule has 1 aromatic carbocycles. The van der Waals surface area contributed by atoms with E-state index in [1.807, 2.05) is 25.1 Å². The number of anilines is 1. The minimum absolute atomic E-state index is 0.00594. The summed E-state index contributed by atoms with van der Waals surface area (Å²) in [5.41, 5.74) is 2.36. The van der Waals surface area contributed by atoms with E-state index < -0.39 is 0 Å². The van der Waals surface area contributed by atoms with Crippen LogP contribution in [0.5, 0.6) is 0 Å². The van der Waals surface area contributed by atoms with Gasteiger partial charge in [-0.3, -0.25) is 9.59 Å². The third kappa shape index (κ3) is 5.93. The molecule has 0 radical (unpaired) electrons. The lowest BCUT2D eigenvalue weighted by Crippen LogP contribution is -2.22. The number of hydrogen-bond acceptors (Lipinski definition) is 5. The SMILES string of the molecule is CCCCc1nc(C)c(C(=O)NCc2cccc(NC(=O)COC)c2)s1. The van der Waals surface area contributed by atoms with Gasteiger partial charge in [-0.15, -0.1) is 11.3 Å². The summed E-state index contributed by atoms with van der Waals surface area (Å²) < 4.78 is 4.80. The smallest absolute Gasteiger partial charge is 0.263 e. The van der Waals surface area contributed by atoms with Gasteiger partial charge in [0.05, 0.1) is 10.7 Å². The Bertz CT molecular complexity index is 758. The first-order chi connectivity index (χ1) is 12.5. The fraction of sp³-hybridized carbons (Fsp3) is 0.421. The predicted octanol–water partition coefficient (Wildman–Crippen LogP) is 3.31. The predicted molar refractivity (Wildman–Crippen MR) is 104 cm³/mol. The Morgan fingerprint density at radius 3 is 2.85 bits per heavy atom. The van der Waals surface area contributed by atoms with Crippen LogP contribution in [0.1, 0.15) is 45.7 Å². The summed E-state index contributed by atoms with van der Waals surface area (Å²) in [5.74, 6) is -0.329. The van der Waals surface area contributed by atoms with Crippen molar-refractivity contribution in [3.63, 3.8) is 0 Å². The van der Waals surface area contributed by atoms with Crippen LogP contribution >= 0.6 is 11.3 Å². The molecule has 0 fully saturated rings. The molecule has 2 N–H and O–H groups in total. The highest BCUT2D eigenvalue weighted by atomic mass is 32.1. The Morgan fingerprint density at radius 1 is 1.31 bits per heavy atom. The van der Waals surface area contributed by atoms with E-state index in [4.69, 9.17) is 4.74 Å². The van der Waals surface area contributed by atoms with Crippen molar-refractivity contribution in [2.45, 2.75) is 39.7 Å². The van der Waals surface area contributed by atoms with Crippen LogP contribution in [0.2, 0.25) is 0 Å². The van der Waals surface area contributed by atoms with Crippen molar-refractivity contribution >= 4 is 28.8 Å². The first kappa shape index (κ1) is 20.1. The molecule has 0 aliphatic carbocycles. The summed E-state index contributed by atoms with van der Waals surface area (Å²) in [5, 5.41) is 6.69. The minimum atomic E-state index is -0.214. The van der Waals surface area contributed by atoms with Gasteiger partial charge in [0.25, 0.3) is 5.91 Å². The second-order valence-electron chi connectivity index (χ2n) is 5.99. The average molecular weight is 375 g/mol. The van der Waals surface area contributed by atoms with Crippen LogP contribution in [0.3, 0.4) is 0 Å². The van der Waals surface area contributed by atoms with Crippen LogP contribution in [0, 0.1) is 6.92 Å². The molecule has 1 aromatic heterocycles. The quantitative estimate of drug-likeness (QED) is 0.705. The molecule has 2 aromatic rings. The van der Waals surface area contributed by atoms with E-state index in [-0.39, 0.29) is 18.4 Å². The molecule has 2 amide bonds. The highest BCUT2D eigenvalue weighted by Crippen LogP contribution is 2.20. The Balaban J connectivity index is 1.95. The number of carbonyl (C=O) groups is 2. The van der Waals surface area contributed by atoms with Crippen molar-refractivity contribution in [2.24, 2.45) is 0 Å². The van der Waals surface area contributed by atoms with Gasteiger partial charge in [0.1, 0.15) is 11.5 Å². The molecule has 1 heterocycles. The number of nitrogens with zero attached hydrogens (tertiary/aromatic N) is 1. The van der Waals surface area contributed by atoms with Crippen LogP contribution in [-0.2, 0) is 22.5 Å². The number of unbranched alkanes of at least 4 members (excludes halogenated alkanes) is 1. The maximum Gasteiger partial charge on any atom is 0.263 e. The van der Waals surface area contributed by atoms with Crippen LogP contribution in [0.4, 0.5) is 5.69 Å². The maximum absolute atomic E-state index is 12.4. The Hall–Kier alpha value is -2.25. The second-order valence-corrected chi connectivity index (χ2v) is 7.07. The number of ether oxygens (including phenoxy) is 1. The van der Waals surface area contributed by atoms with Gasteiger partial charge in [-0.2, -0.15) is 0 Å². The molecular weight excluding hydrogens is 350 g/mol. The summed E-state index contributed by atoms with van der Waals surface area (Å²) in [6.07, 6.45) is 3.10. The van der Waals surface area contributed by atoms with Crippen LogP contribution in [-0.4, -0.2) is 30.5 Å². The van der Waals surface area contributed by atoms with Crippen molar-refractivity contribution in [1.82, 2.24) is 10.3 Å². The molecule has 0 atom stereocenters. The highest BCUT2D eigenvalue weighted by molar-refractivity contribution is 7.13. The Labute approximate surface area is 158 Å². The lowest BCUT2D eigenvalue weighted by atomic mass is 10.2. The first-order valence-corrected chi connectivity index (χ1v) is 9.47. The van der Waals surface area contributed by atoms with Gasteiger partial charge < -0.3 is 15.4 Å². The summed E-state index contributed by atoms with van der Waals surface area (Å²) in [7, 11) is 1.47. The zero-order valence-corrected chi connectivity index (χ0v) is 16.2. The summed E-state index contributed by atoms with van der Waals surface area (Å²) >= 11 is 1.47. The number of aromatic nitrogens is 1. The van der Waals surface area contributed by atoms with E-state index >= 15 is 0 Å². The topological polar surface area (TPSA) is 80.3 Å². The molecule has 0 unspecified atom stereocenters. The number of nitrogens with one attached hydrogen (secondary N) is 2. The van der Waals surface area contributed by atoms with Gasteiger partial charge >= 0.3 is 0 Å². The molecule has 6 nitrogen and oxygen atoms in total. The van der Waals surface area contributed by atoms with Crippen LogP contribution in [0.25, 0.3) is 0 Å². The molecule has 0 spiro atoms. The Kier molecular flexibility index (Phi) is 7.74. The number of carbonyl (C=O) groups excluding carboxylic acids is 2. The number of hydrogen-bond donors (Lipinski definition) is 2. The van der Waals surface area contributed by atoms with Crippen molar-refractivity contribution in [1.29, 1.82) is 0 Å². The van der Waals surface area contributed by atoms with Crippen LogP contribution in [0.15, 0.2) is 24.3 Å². The van der Waals surface area contributed by atoms with Crippen molar-refractivity contribution < 1.29 is 14.3 Å². The van der Waals surface area contributed by atoms with Crippen LogP contribution < -0.4 is 10.6 Å². The number of amides is 2. The largest absolute Gasteiger partial charge is 0.375 e. The lowest BCUT2D eigenvalue weighted by Gasteiger charge is -2.08. The standard InChI is InChI=1S/C19H25N3O3S/c1-4-5-9-17-21-13(2)18(26-17)19(24)20-11-14-7-6-8-15(10-14)22-16(23)12-25-3/h6-8,10H,4-5,9,11-12H2,1-3H3,(H,20,24)(H,22,23). The van der Waals surface area contributed by atoms with E-state index in [2.05, 4.69) is 22.5 Å². The molecule has 140 valence electrons. The number of benzene rings is 1. The summed E-state index contributed by atoms with van der Waals surface area (Å²) in [4.78, 5) is 29.2. The molecule has 0 aliphatic rings. The molecular formula is C19H25N3O3S. The molecule has 7 heteroatoms. The van der Waals surface area contributed by atoms with E-state index in [1.165, 1.54) is 18.4 Å². The first-order valence-electron chi connectivity index (χ1n) is 8.65. The third-order valence-electron chi connectivity index (χ3n) is 3.73. The molecule has 0 saturated heterocycles. The molecule has 26 heavy (non-hydrogen) atoms. The van der Waals surface area contributed by atoms with Gasteiger partial charge in [0.15, 0.2) is 0 Å². The molecule has 2 rings (SSSR count). The molecule has 0 bridgehead atoms. The lowest BCUT2D eigenvalue weighted by molar-refractivity contribution is -0.119.